The molecule has 2 rings (SSSR count). The van der Waals surface area contributed by atoms with Crippen LogP contribution in [0.15, 0.2) is 45.8 Å². The predicted octanol–water partition coefficient (Wildman–Crippen LogP) is 3.55. The zero-order chi connectivity index (χ0) is 16.7. The van der Waals surface area contributed by atoms with E-state index in [0.29, 0.717) is 29.9 Å². The summed E-state index contributed by atoms with van der Waals surface area (Å²) in [5, 5.41) is 7.07. The maximum absolute atomic E-state index is 6.04. The van der Waals surface area contributed by atoms with Gasteiger partial charge in [0.2, 0.25) is 0 Å². The Morgan fingerprint density at radius 1 is 1.30 bits per heavy atom. The molecule has 1 atom stereocenters. The molecule has 1 aromatic carbocycles. The number of aliphatic imine (C=N–C) groups is 1. The van der Waals surface area contributed by atoms with Crippen molar-refractivity contribution in [3.05, 3.63) is 52.9 Å². The molecule has 0 amide bonds. The molecule has 0 aliphatic rings. The number of guanidine groups is 1. The van der Waals surface area contributed by atoms with E-state index >= 15 is 0 Å². The third kappa shape index (κ3) is 5.21. The van der Waals surface area contributed by atoms with Gasteiger partial charge in [0.15, 0.2) is 5.96 Å². The molecule has 0 bridgehead atoms. The first-order chi connectivity index (χ1) is 11.1. The number of nitrogens with one attached hydrogen (secondary N) is 2. The second-order valence-corrected chi connectivity index (χ2v) is 5.50. The van der Waals surface area contributed by atoms with E-state index in [2.05, 4.69) is 15.6 Å². The Labute approximate surface area is 141 Å². The summed E-state index contributed by atoms with van der Waals surface area (Å²) in [4.78, 5) is 4.19. The van der Waals surface area contributed by atoms with Gasteiger partial charge in [-0.1, -0.05) is 23.7 Å². The van der Waals surface area contributed by atoms with E-state index in [1.54, 1.807) is 13.1 Å². The molecule has 6 heteroatoms. The minimum absolute atomic E-state index is 0.0272. The number of benzene rings is 1. The summed E-state index contributed by atoms with van der Waals surface area (Å²) in [6.45, 7) is 5.04. The van der Waals surface area contributed by atoms with Gasteiger partial charge in [0.1, 0.15) is 23.9 Å². The van der Waals surface area contributed by atoms with Crippen LogP contribution in [0.5, 0.6) is 5.75 Å². The molecule has 0 aliphatic carbocycles. The maximum atomic E-state index is 6.04. The van der Waals surface area contributed by atoms with Gasteiger partial charge in [0, 0.05) is 7.05 Å². The van der Waals surface area contributed by atoms with E-state index in [1.165, 1.54) is 0 Å². The van der Waals surface area contributed by atoms with Gasteiger partial charge in [0.25, 0.3) is 0 Å². The lowest BCUT2D eigenvalue weighted by atomic mass is 10.2. The Hall–Kier alpha value is -2.14. The van der Waals surface area contributed by atoms with Crippen LogP contribution in [0.3, 0.4) is 0 Å². The second kappa shape index (κ2) is 8.48. The lowest BCUT2D eigenvalue weighted by Gasteiger charge is -2.16. The summed E-state index contributed by atoms with van der Waals surface area (Å²) in [7, 11) is 1.73. The SMILES string of the molecule is CN=C(NCCOc1ccccc1Cl)NC(C)c1ccc(C)o1. The third-order valence-corrected chi connectivity index (χ3v) is 3.57. The Bertz CT molecular complexity index is 655. The third-order valence-electron chi connectivity index (χ3n) is 3.25. The summed E-state index contributed by atoms with van der Waals surface area (Å²) in [5.74, 6) is 3.13. The van der Waals surface area contributed by atoms with E-state index in [0.717, 1.165) is 11.5 Å². The van der Waals surface area contributed by atoms with Gasteiger partial charge in [-0.3, -0.25) is 4.99 Å². The highest BCUT2D eigenvalue weighted by atomic mass is 35.5. The zero-order valence-electron chi connectivity index (χ0n) is 13.6. The van der Waals surface area contributed by atoms with Crippen molar-refractivity contribution >= 4 is 17.6 Å². The molecule has 0 radical (unpaired) electrons. The van der Waals surface area contributed by atoms with Crippen LogP contribution in [0, 0.1) is 6.92 Å². The van der Waals surface area contributed by atoms with Crippen LogP contribution in [-0.2, 0) is 0 Å². The van der Waals surface area contributed by atoms with Crippen LogP contribution in [0.25, 0.3) is 0 Å². The monoisotopic (exact) mass is 335 g/mol. The Kier molecular flexibility index (Phi) is 6.35. The van der Waals surface area contributed by atoms with Crippen LogP contribution >= 0.6 is 11.6 Å². The van der Waals surface area contributed by atoms with Crippen molar-refractivity contribution < 1.29 is 9.15 Å². The van der Waals surface area contributed by atoms with Gasteiger partial charge < -0.3 is 19.8 Å². The van der Waals surface area contributed by atoms with Gasteiger partial charge >= 0.3 is 0 Å². The number of furan rings is 1. The van der Waals surface area contributed by atoms with Gasteiger partial charge in [-0.05, 0) is 38.1 Å². The minimum atomic E-state index is 0.0272. The molecule has 0 saturated heterocycles. The number of hydrogen-bond acceptors (Lipinski definition) is 3. The van der Waals surface area contributed by atoms with Crippen molar-refractivity contribution in [1.29, 1.82) is 0 Å². The molecule has 124 valence electrons. The number of halogens is 1. The topological polar surface area (TPSA) is 58.8 Å². The maximum Gasteiger partial charge on any atom is 0.191 e. The van der Waals surface area contributed by atoms with Crippen LogP contribution < -0.4 is 15.4 Å². The average molecular weight is 336 g/mol. The molecular weight excluding hydrogens is 314 g/mol. The molecule has 1 unspecified atom stereocenters. The molecule has 0 aliphatic heterocycles. The van der Waals surface area contributed by atoms with Gasteiger partial charge in [0.05, 0.1) is 17.6 Å². The first kappa shape index (κ1) is 17.2. The standard InChI is InChI=1S/C17H22ClN3O2/c1-12-8-9-15(23-12)13(2)21-17(19-3)20-10-11-22-16-7-5-4-6-14(16)18/h4-9,13H,10-11H2,1-3H3,(H2,19,20,21). The molecule has 1 heterocycles. The molecule has 2 N–H and O–H groups in total. The Balaban J connectivity index is 1.76. The number of hydrogen-bond donors (Lipinski definition) is 2. The first-order valence-corrected chi connectivity index (χ1v) is 7.89. The number of para-hydroxylation sites is 1. The van der Waals surface area contributed by atoms with E-state index in [-0.39, 0.29) is 6.04 Å². The Morgan fingerprint density at radius 3 is 2.74 bits per heavy atom. The number of ether oxygens (including phenoxy) is 1. The average Bonchev–Trinajstić information content (AvgIpc) is 2.98. The van der Waals surface area contributed by atoms with Crippen molar-refractivity contribution in [2.24, 2.45) is 4.99 Å². The van der Waals surface area contributed by atoms with E-state index < -0.39 is 0 Å². The molecule has 0 spiro atoms. The fourth-order valence-electron chi connectivity index (χ4n) is 2.05. The molecule has 0 fully saturated rings. The van der Waals surface area contributed by atoms with Crippen LogP contribution in [-0.4, -0.2) is 26.2 Å². The zero-order valence-corrected chi connectivity index (χ0v) is 14.4. The number of nitrogens with zero attached hydrogens (tertiary/aromatic N) is 1. The molecule has 5 nitrogen and oxygen atoms in total. The molecule has 2 aromatic rings. The van der Waals surface area contributed by atoms with Crippen molar-refractivity contribution in [1.82, 2.24) is 10.6 Å². The molecule has 0 saturated carbocycles. The largest absolute Gasteiger partial charge is 0.490 e. The van der Waals surface area contributed by atoms with Gasteiger partial charge in [-0.15, -0.1) is 0 Å². The van der Waals surface area contributed by atoms with E-state index in [9.17, 15) is 0 Å². The van der Waals surface area contributed by atoms with Crippen molar-refractivity contribution in [2.45, 2.75) is 19.9 Å². The van der Waals surface area contributed by atoms with Gasteiger partial charge in [-0.2, -0.15) is 0 Å². The highest BCUT2D eigenvalue weighted by Gasteiger charge is 2.11. The fraction of sp³-hybridized carbons (Fsp3) is 0.353. The quantitative estimate of drug-likeness (QED) is 0.481. The van der Waals surface area contributed by atoms with Crippen molar-refractivity contribution in [3.63, 3.8) is 0 Å². The van der Waals surface area contributed by atoms with Crippen LogP contribution in [0.2, 0.25) is 5.02 Å². The summed E-state index contributed by atoms with van der Waals surface area (Å²) in [5.41, 5.74) is 0. The van der Waals surface area contributed by atoms with Crippen molar-refractivity contribution in [2.75, 3.05) is 20.2 Å². The normalized spacial score (nSPS) is 12.8. The predicted molar refractivity (Wildman–Crippen MR) is 93.3 cm³/mol. The lowest BCUT2D eigenvalue weighted by Crippen LogP contribution is -2.40. The Morgan fingerprint density at radius 2 is 2.09 bits per heavy atom. The first-order valence-electron chi connectivity index (χ1n) is 7.51. The number of rotatable bonds is 6. The fourth-order valence-corrected chi connectivity index (χ4v) is 2.24. The summed E-state index contributed by atoms with van der Waals surface area (Å²) < 4.78 is 11.2. The second-order valence-electron chi connectivity index (χ2n) is 5.09. The minimum Gasteiger partial charge on any atom is -0.490 e. The summed E-state index contributed by atoms with van der Waals surface area (Å²) >= 11 is 6.04. The van der Waals surface area contributed by atoms with Crippen LogP contribution in [0.1, 0.15) is 24.5 Å². The highest BCUT2D eigenvalue weighted by molar-refractivity contribution is 6.32. The molecular formula is C17H22ClN3O2. The van der Waals surface area contributed by atoms with E-state index in [4.69, 9.17) is 20.8 Å². The summed E-state index contributed by atoms with van der Waals surface area (Å²) in [6, 6.07) is 11.3. The van der Waals surface area contributed by atoms with E-state index in [1.807, 2.05) is 44.2 Å². The summed E-state index contributed by atoms with van der Waals surface area (Å²) in [6.07, 6.45) is 0. The highest BCUT2D eigenvalue weighted by Crippen LogP contribution is 2.22. The lowest BCUT2D eigenvalue weighted by molar-refractivity contribution is 0.321. The van der Waals surface area contributed by atoms with Crippen LogP contribution in [0.4, 0.5) is 0 Å². The smallest absolute Gasteiger partial charge is 0.191 e. The molecule has 1 aromatic heterocycles. The van der Waals surface area contributed by atoms with Crippen molar-refractivity contribution in [3.8, 4) is 5.75 Å². The molecule has 23 heavy (non-hydrogen) atoms. The van der Waals surface area contributed by atoms with Gasteiger partial charge in [-0.25, -0.2) is 0 Å². The number of aryl methyl sites for hydroxylation is 1.